The predicted octanol–water partition coefficient (Wildman–Crippen LogP) is 2.38. The second-order valence-corrected chi connectivity index (χ2v) is 4.42. The molecule has 2 aromatic rings. The molecule has 0 aliphatic rings. The van der Waals surface area contributed by atoms with E-state index in [0.717, 1.165) is 11.1 Å². The Morgan fingerprint density at radius 3 is 2.65 bits per heavy atom. The van der Waals surface area contributed by atoms with Gasteiger partial charge in [0.25, 0.3) is 5.91 Å². The number of pyridine rings is 1. The van der Waals surface area contributed by atoms with E-state index in [4.69, 9.17) is 5.84 Å². The molecule has 0 aliphatic heterocycles. The monoisotopic (exact) mass is 274 g/mol. The van der Waals surface area contributed by atoms with Crippen molar-refractivity contribution in [3.05, 3.63) is 53.0 Å². The summed E-state index contributed by atoms with van der Waals surface area (Å²) in [6.07, 6.45) is 1.31. The summed E-state index contributed by atoms with van der Waals surface area (Å²) in [5, 5.41) is 2.64. The van der Waals surface area contributed by atoms with Crippen molar-refractivity contribution >= 4 is 17.4 Å². The van der Waals surface area contributed by atoms with E-state index in [1.807, 2.05) is 26.0 Å². The van der Waals surface area contributed by atoms with Gasteiger partial charge in [0.05, 0.1) is 5.56 Å². The van der Waals surface area contributed by atoms with Crippen LogP contribution in [0.1, 0.15) is 21.5 Å². The molecule has 104 valence electrons. The van der Waals surface area contributed by atoms with Gasteiger partial charge in [0.2, 0.25) is 0 Å². The van der Waals surface area contributed by atoms with Crippen LogP contribution in [0.2, 0.25) is 0 Å². The Bertz CT molecular complexity index is 658. The molecule has 1 heterocycles. The fourth-order valence-corrected chi connectivity index (χ4v) is 1.74. The Labute approximate surface area is 116 Å². The molecule has 0 atom stereocenters. The molecule has 1 aromatic carbocycles. The first-order valence-corrected chi connectivity index (χ1v) is 6.02. The summed E-state index contributed by atoms with van der Waals surface area (Å²) in [4.78, 5) is 15.7. The van der Waals surface area contributed by atoms with Crippen LogP contribution in [-0.4, -0.2) is 10.9 Å². The molecule has 0 aliphatic carbocycles. The lowest BCUT2D eigenvalue weighted by Crippen LogP contribution is -2.17. The van der Waals surface area contributed by atoms with Crippen LogP contribution < -0.4 is 16.6 Å². The van der Waals surface area contributed by atoms with Crippen LogP contribution in [0.3, 0.4) is 0 Å². The third kappa shape index (κ3) is 2.75. The number of nitrogens with two attached hydrogens (primary N) is 1. The molecule has 1 amide bonds. The van der Waals surface area contributed by atoms with Gasteiger partial charge in [-0.05, 0) is 43.2 Å². The number of amides is 1. The van der Waals surface area contributed by atoms with Gasteiger partial charge >= 0.3 is 0 Å². The van der Waals surface area contributed by atoms with E-state index in [-0.39, 0.29) is 11.4 Å². The van der Waals surface area contributed by atoms with Crippen LogP contribution in [0.4, 0.5) is 15.9 Å². The Morgan fingerprint density at radius 2 is 2.00 bits per heavy atom. The van der Waals surface area contributed by atoms with E-state index in [1.54, 1.807) is 6.07 Å². The molecule has 0 radical (unpaired) electrons. The summed E-state index contributed by atoms with van der Waals surface area (Å²) in [5.41, 5.74) is 4.76. The lowest BCUT2D eigenvalue weighted by molar-refractivity contribution is 0.102. The van der Waals surface area contributed by atoms with E-state index in [9.17, 15) is 9.18 Å². The predicted molar refractivity (Wildman–Crippen MR) is 75.9 cm³/mol. The van der Waals surface area contributed by atoms with Gasteiger partial charge in [-0.25, -0.2) is 15.2 Å². The first kappa shape index (κ1) is 14.0. The number of carbonyl (C=O) groups excluding carboxylic acids is 1. The van der Waals surface area contributed by atoms with Crippen molar-refractivity contribution in [1.82, 2.24) is 4.98 Å². The smallest absolute Gasteiger partial charge is 0.258 e. The minimum Gasteiger partial charge on any atom is -0.322 e. The van der Waals surface area contributed by atoms with Gasteiger partial charge < -0.3 is 10.7 Å². The zero-order valence-electron chi connectivity index (χ0n) is 11.2. The number of hydrogen-bond acceptors (Lipinski definition) is 4. The van der Waals surface area contributed by atoms with Crippen LogP contribution in [0.5, 0.6) is 0 Å². The summed E-state index contributed by atoms with van der Waals surface area (Å²) in [7, 11) is 0. The van der Waals surface area contributed by atoms with E-state index in [1.165, 1.54) is 12.3 Å². The number of aromatic nitrogens is 1. The fraction of sp³-hybridized carbons (Fsp3) is 0.143. The lowest BCUT2D eigenvalue weighted by Gasteiger charge is -2.09. The highest BCUT2D eigenvalue weighted by atomic mass is 19.1. The zero-order valence-corrected chi connectivity index (χ0v) is 11.2. The van der Waals surface area contributed by atoms with Crippen LogP contribution >= 0.6 is 0 Å². The number of nitrogen functional groups attached to an aromatic ring is 1. The summed E-state index contributed by atoms with van der Waals surface area (Å²) in [6.45, 7) is 3.91. The summed E-state index contributed by atoms with van der Waals surface area (Å²) < 4.78 is 13.9. The van der Waals surface area contributed by atoms with Gasteiger partial charge in [-0.15, -0.1) is 0 Å². The summed E-state index contributed by atoms with van der Waals surface area (Å²) in [6, 6.07) is 6.78. The topological polar surface area (TPSA) is 80.0 Å². The van der Waals surface area contributed by atoms with Crippen molar-refractivity contribution in [2.24, 2.45) is 5.84 Å². The van der Waals surface area contributed by atoms with E-state index < -0.39 is 11.7 Å². The number of hydrazine groups is 1. The Kier molecular flexibility index (Phi) is 3.95. The van der Waals surface area contributed by atoms with Crippen molar-refractivity contribution in [1.29, 1.82) is 0 Å². The quantitative estimate of drug-likeness (QED) is 0.593. The first-order chi connectivity index (χ1) is 9.52. The van der Waals surface area contributed by atoms with Crippen LogP contribution in [0.15, 0.2) is 30.5 Å². The van der Waals surface area contributed by atoms with Gasteiger partial charge in [-0.1, -0.05) is 6.07 Å². The minimum atomic E-state index is -0.781. The van der Waals surface area contributed by atoms with E-state index in [2.05, 4.69) is 15.7 Å². The van der Waals surface area contributed by atoms with Gasteiger partial charge in [0.1, 0.15) is 0 Å². The second-order valence-electron chi connectivity index (χ2n) is 4.42. The minimum absolute atomic E-state index is 0.119. The number of halogens is 1. The first-order valence-electron chi connectivity index (χ1n) is 6.02. The average molecular weight is 274 g/mol. The molecule has 2 rings (SSSR count). The van der Waals surface area contributed by atoms with Gasteiger partial charge in [-0.3, -0.25) is 4.79 Å². The van der Waals surface area contributed by atoms with Crippen molar-refractivity contribution in [2.45, 2.75) is 13.8 Å². The highest BCUT2D eigenvalue weighted by Gasteiger charge is 2.15. The van der Waals surface area contributed by atoms with Crippen molar-refractivity contribution < 1.29 is 9.18 Å². The SMILES string of the molecule is Cc1ccc(NC(=O)c2ccnc(NN)c2F)cc1C. The van der Waals surface area contributed by atoms with Gasteiger partial charge in [-0.2, -0.15) is 0 Å². The van der Waals surface area contributed by atoms with E-state index in [0.29, 0.717) is 5.69 Å². The molecule has 0 unspecified atom stereocenters. The normalized spacial score (nSPS) is 10.2. The third-order valence-corrected chi connectivity index (χ3v) is 3.04. The molecule has 0 saturated heterocycles. The number of nitrogens with zero attached hydrogens (tertiary/aromatic N) is 1. The molecule has 5 nitrogen and oxygen atoms in total. The second kappa shape index (κ2) is 5.66. The largest absolute Gasteiger partial charge is 0.322 e. The number of carbonyl (C=O) groups is 1. The number of nitrogens with one attached hydrogen (secondary N) is 2. The molecule has 1 aromatic heterocycles. The highest BCUT2D eigenvalue weighted by Crippen LogP contribution is 2.18. The summed E-state index contributed by atoms with van der Waals surface area (Å²) in [5.74, 6) is 3.62. The van der Waals surface area contributed by atoms with Crippen molar-refractivity contribution in [3.63, 3.8) is 0 Å². The fourth-order valence-electron chi connectivity index (χ4n) is 1.74. The Hall–Kier alpha value is -2.47. The van der Waals surface area contributed by atoms with Gasteiger partial charge in [0.15, 0.2) is 11.6 Å². The molecule has 4 N–H and O–H groups in total. The molecular weight excluding hydrogens is 259 g/mol. The number of hydrogen-bond donors (Lipinski definition) is 3. The highest BCUT2D eigenvalue weighted by molar-refractivity contribution is 6.04. The molecule has 0 saturated carbocycles. The third-order valence-electron chi connectivity index (χ3n) is 3.04. The number of anilines is 2. The van der Waals surface area contributed by atoms with Crippen LogP contribution in [0.25, 0.3) is 0 Å². The Morgan fingerprint density at radius 1 is 1.25 bits per heavy atom. The zero-order chi connectivity index (χ0) is 14.7. The maximum Gasteiger partial charge on any atom is 0.258 e. The molecular formula is C14H15FN4O. The molecule has 20 heavy (non-hydrogen) atoms. The maximum atomic E-state index is 13.9. The summed E-state index contributed by atoms with van der Waals surface area (Å²) >= 11 is 0. The molecule has 6 heteroatoms. The van der Waals surface area contributed by atoms with Gasteiger partial charge in [0, 0.05) is 11.9 Å². The van der Waals surface area contributed by atoms with Crippen molar-refractivity contribution in [2.75, 3.05) is 10.7 Å². The standard InChI is InChI=1S/C14H15FN4O/c1-8-3-4-10(7-9(8)2)18-14(20)11-5-6-17-13(19-16)12(11)15/h3-7H,16H2,1-2H3,(H,17,19)(H,18,20). The van der Waals surface area contributed by atoms with Crippen LogP contribution in [0, 0.1) is 19.7 Å². The van der Waals surface area contributed by atoms with Crippen molar-refractivity contribution in [3.8, 4) is 0 Å². The van der Waals surface area contributed by atoms with E-state index >= 15 is 0 Å². The lowest BCUT2D eigenvalue weighted by atomic mass is 10.1. The number of aryl methyl sites for hydroxylation is 2. The average Bonchev–Trinajstić information content (AvgIpc) is 2.43. The maximum absolute atomic E-state index is 13.9. The molecule has 0 bridgehead atoms. The van der Waals surface area contributed by atoms with Crippen LogP contribution in [-0.2, 0) is 0 Å². The number of rotatable bonds is 3. The number of benzene rings is 1. The Balaban J connectivity index is 2.26. The molecule has 0 spiro atoms. The molecule has 0 fully saturated rings.